The van der Waals surface area contributed by atoms with Gasteiger partial charge in [0.1, 0.15) is 6.54 Å². The summed E-state index contributed by atoms with van der Waals surface area (Å²) in [6, 6.07) is 9.07. The van der Waals surface area contributed by atoms with Crippen LogP contribution in [0.4, 0.5) is 0 Å². The van der Waals surface area contributed by atoms with Crippen molar-refractivity contribution in [1.29, 1.82) is 0 Å². The van der Waals surface area contributed by atoms with Gasteiger partial charge in [0.15, 0.2) is 0 Å². The number of carbonyl (C=O) groups excluding carboxylic acids is 2. The number of amides is 2. The molecule has 2 amide bonds. The quantitative estimate of drug-likeness (QED) is 0.645. The minimum atomic E-state index is -0.362. The summed E-state index contributed by atoms with van der Waals surface area (Å²) in [5.74, 6) is 0.885. The maximum Gasteiger partial charge on any atom is 0.258 e. The first-order valence-electron chi connectivity index (χ1n) is 10.8. The number of benzene rings is 1. The fourth-order valence-electron chi connectivity index (χ4n) is 4.31. The molecule has 7 nitrogen and oxygen atoms in total. The number of aromatic nitrogens is 1. The first-order chi connectivity index (χ1) is 14.4. The average molecular weight is 413 g/mol. The highest BCUT2D eigenvalue weighted by atomic mass is 16.2. The lowest BCUT2D eigenvalue weighted by Gasteiger charge is -2.34. The normalized spacial score (nSPS) is 19.5. The summed E-state index contributed by atoms with van der Waals surface area (Å²) >= 11 is 0. The largest absolute Gasteiger partial charge is 0.355 e. The van der Waals surface area contributed by atoms with E-state index in [1.54, 1.807) is 24.4 Å². The van der Waals surface area contributed by atoms with Crippen LogP contribution in [-0.2, 0) is 16.1 Å². The molecule has 2 heterocycles. The molecule has 2 aromatic rings. The number of hydrogen-bond acceptors (Lipinski definition) is 4. The van der Waals surface area contributed by atoms with Gasteiger partial charge >= 0.3 is 0 Å². The Bertz CT molecular complexity index is 929. The van der Waals surface area contributed by atoms with Gasteiger partial charge < -0.3 is 20.1 Å². The van der Waals surface area contributed by atoms with E-state index in [0.29, 0.717) is 11.9 Å². The van der Waals surface area contributed by atoms with E-state index in [1.165, 1.54) is 11.0 Å². The lowest BCUT2D eigenvalue weighted by Crippen LogP contribution is -2.41. The number of hydrogen-bond donors (Lipinski definition) is 2. The molecule has 0 saturated carbocycles. The summed E-state index contributed by atoms with van der Waals surface area (Å²) in [6.07, 6.45) is 3.79. The van der Waals surface area contributed by atoms with E-state index >= 15 is 0 Å². The zero-order valence-electron chi connectivity index (χ0n) is 17.9. The summed E-state index contributed by atoms with van der Waals surface area (Å²) in [4.78, 5) is 39.0. The van der Waals surface area contributed by atoms with Crippen molar-refractivity contribution >= 4 is 22.6 Å². The number of piperidine rings is 1. The zero-order chi connectivity index (χ0) is 21.5. The van der Waals surface area contributed by atoms with Crippen molar-refractivity contribution in [3.8, 4) is 0 Å². The number of carbonyl (C=O) groups is 2. The van der Waals surface area contributed by atoms with Crippen LogP contribution in [0.15, 0.2) is 41.3 Å². The molecule has 162 valence electrons. The molecule has 0 unspecified atom stereocenters. The standard InChI is InChI=1S/C23H32N4O3/c1-17-12-18(2)15-26(14-17)10-5-9-24-21(28)13-25-22(29)16-27-11-8-19-6-3-4-7-20(19)23(27)30/h3-4,6-8,11,17-18H,5,9-10,12-16H2,1-2H3,(H,24,28)(H,25,29)/t17-,18-/m0/s1. The van der Waals surface area contributed by atoms with E-state index in [9.17, 15) is 14.4 Å². The molecule has 1 aromatic carbocycles. The Kier molecular flexibility index (Phi) is 7.63. The van der Waals surface area contributed by atoms with Crippen molar-refractivity contribution in [2.75, 3.05) is 32.7 Å². The van der Waals surface area contributed by atoms with E-state index in [2.05, 4.69) is 29.4 Å². The second kappa shape index (κ2) is 10.4. The first-order valence-corrected chi connectivity index (χ1v) is 10.8. The average Bonchev–Trinajstić information content (AvgIpc) is 2.71. The smallest absolute Gasteiger partial charge is 0.258 e. The third-order valence-electron chi connectivity index (χ3n) is 5.56. The zero-order valence-corrected chi connectivity index (χ0v) is 17.9. The van der Waals surface area contributed by atoms with Gasteiger partial charge in [-0.1, -0.05) is 32.0 Å². The predicted octanol–water partition coefficient (Wildman–Crippen LogP) is 1.60. The molecule has 0 bridgehead atoms. The molecule has 1 aromatic heterocycles. The minimum Gasteiger partial charge on any atom is -0.355 e. The van der Waals surface area contributed by atoms with Gasteiger partial charge in [-0.25, -0.2) is 0 Å². The topological polar surface area (TPSA) is 83.4 Å². The van der Waals surface area contributed by atoms with Gasteiger partial charge in [0.2, 0.25) is 11.8 Å². The van der Waals surface area contributed by atoms with Crippen LogP contribution >= 0.6 is 0 Å². The molecule has 1 fully saturated rings. The number of pyridine rings is 1. The SMILES string of the molecule is C[C@H]1C[C@H](C)CN(CCCNC(=O)CNC(=O)Cn2ccc3ccccc3c2=O)C1. The van der Waals surface area contributed by atoms with Crippen molar-refractivity contribution in [3.05, 3.63) is 46.9 Å². The maximum absolute atomic E-state index is 12.4. The van der Waals surface area contributed by atoms with E-state index in [1.807, 2.05) is 12.1 Å². The highest BCUT2D eigenvalue weighted by Crippen LogP contribution is 2.20. The van der Waals surface area contributed by atoms with Crippen LogP contribution in [0.5, 0.6) is 0 Å². The summed E-state index contributed by atoms with van der Waals surface area (Å²) in [7, 11) is 0. The van der Waals surface area contributed by atoms with Crippen molar-refractivity contribution in [3.63, 3.8) is 0 Å². The highest BCUT2D eigenvalue weighted by Gasteiger charge is 2.21. The Morgan fingerprint density at radius 1 is 1.03 bits per heavy atom. The molecule has 0 radical (unpaired) electrons. The third kappa shape index (κ3) is 6.16. The van der Waals surface area contributed by atoms with Crippen LogP contribution in [0, 0.1) is 11.8 Å². The molecule has 1 aliphatic heterocycles. The van der Waals surface area contributed by atoms with Crippen molar-refractivity contribution < 1.29 is 9.59 Å². The number of nitrogens with one attached hydrogen (secondary N) is 2. The number of nitrogens with zero attached hydrogens (tertiary/aromatic N) is 2. The van der Waals surface area contributed by atoms with Crippen LogP contribution < -0.4 is 16.2 Å². The van der Waals surface area contributed by atoms with E-state index in [0.717, 1.165) is 43.3 Å². The summed E-state index contributed by atoms with van der Waals surface area (Å²) in [6.45, 7) is 8.22. The van der Waals surface area contributed by atoms with Crippen molar-refractivity contribution in [1.82, 2.24) is 20.1 Å². The fourth-order valence-corrected chi connectivity index (χ4v) is 4.31. The van der Waals surface area contributed by atoms with Gasteiger partial charge in [-0.2, -0.15) is 0 Å². The molecular formula is C23H32N4O3. The van der Waals surface area contributed by atoms with Crippen LogP contribution in [0.25, 0.3) is 10.8 Å². The Hall–Kier alpha value is -2.67. The lowest BCUT2D eigenvalue weighted by atomic mass is 9.92. The minimum absolute atomic E-state index is 0.0844. The second-order valence-corrected chi connectivity index (χ2v) is 8.52. The van der Waals surface area contributed by atoms with Crippen LogP contribution in [0.3, 0.4) is 0 Å². The maximum atomic E-state index is 12.4. The van der Waals surface area contributed by atoms with Gasteiger partial charge in [-0.15, -0.1) is 0 Å². The summed E-state index contributed by atoms with van der Waals surface area (Å²) in [5, 5.41) is 6.85. The monoisotopic (exact) mass is 412 g/mol. The second-order valence-electron chi connectivity index (χ2n) is 8.52. The third-order valence-corrected chi connectivity index (χ3v) is 5.56. The molecule has 2 N–H and O–H groups in total. The molecule has 2 atom stereocenters. The molecule has 0 spiro atoms. The molecule has 7 heteroatoms. The van der Waals surface area contributed by atoms with Gasteiger partial charge in [0, 0.05) is 31.2 Å². The molecular weight excluding hydrogens is 380 g/mol. The van der Waals surface area contributed by atoms with Gasteiger partial charge in [-0.05, 0) is 48.7 Å². The molecule has 3 rings (SSSR count). The van der Waals surface area contributed by atoms with E-state index < -0.39 is 0 Å². The van der Waals surface area contributed by atoms with E-state index in [4.69, 9.17) is 0 Å². The van der Waals surface area contributed by atoms with E-state index in [-0.39, 0.29) is 30.5 Å². The van der Waals surface area contributed by atoms with Crippen molar-refractivity contribution in [2.24, 2.45) is 11.8 Å². The van der Waals surface area contributed by atoms with Gasteiger partial charge in [-0.3, -0.25) is 14.4 Å². The molecule has 0 aliphatic carbocycles. The van der Waals surface area contributed by atoms with Gasteiger partial charge in [0.05, 0.1) is 6.54 Å². The first kappa shape index (κ1) is 22.0. The predicted molar refractivity (Wildman–Crippen MR) is 118 cm³/mol. The highest BCUT2D eigenvalue weighted by molar-refractivity contribution is 5.85. The number of fused-ring (bicyclic) bond motifs is 1. The fraction of sp³-hybridized carbons (Fsp3) is 0.522. The summed E-state index contributed by atoms with van der Waals surface area (Å²) in [5.41, 5.74) is -0.214. The number of rotatable bonds is 8. The summed E-state index contributed by atoms with van der Waals surface area (Å²) < 4.78 is 1.36. The lowest BCUT2D eigenvalue weighted by molar-refractivity contribution is -0.126. The molecule has 1 aliphatic rings. The molecule has 30 heavy (non-hydrogen) atoms. The number of likely N-dealkylation sites (tertiary alicyclic amines) is 1. The Balaban J connectivity index is 1.36. The Labute approximate surface area is 177 Å². The Morgan fingerprint density at radius 2 is 1.77 bits per heavy atom. The van der Waals surface area contributed by atoms with Gasteiger partial charge in [0.25, 0.3) is 5.56 Å². The van der Waals surface area contributed by atoms with Crippen LogP contribution in [-0.4, -0.2) is 54.0 Å². The van der Waals surface area contributed by atoms with Crippen LogP contribution in [0.1, 0.15) is 26.7 Å². The Morgan fingerprint density at radius 3 is 2.53 bits per heavy atom. The van der Waals surface area contributed by atoms with Crippen LogP contribution in [0.2, 0.25) is 0 Å². The van der Waals surface area contributed by atoms with Crippen molar-refractivity contribution in [2.45, 2.75) is 33.2 Å². The molecule has 1 saturated heterocycles.